The number of rotatable bonds is 8. The minimum absolute atomic E-state index is 0. The molecule has 4 heterocycles. The van der Waals surface area contributed by atoms with Crippen molar-refractivity contribution in [3.63, 3.8) is 0 Å². The van der Waals surface area contributed by atoms with Gasteiger partial charge in [-0.05, 0) is 61.9 Å². The number of H-pyrrole nitrogens is 1. The Morgan fingerprint density at radius 2 is 1.78 bits per heavy atom. The molecule has 1 aliphatic rings. The van der Waals surface area contributed by atoms with Crippen molar-refractivity contribution in [2.45, 2.75) is 25.9 Å². The molecule has 1 aliphatic heterocycles. The quantitative estimate of drug-likeness (QED) is 0.223. The molecule has 0 atom stereocenters. The molecule has 0 bridgehead atoms. The first-order chi connectivity index (χ1) is 20.9. The van der Waals surface area contributed by atoms with Gasteiger partial charge in [-0.1, -0.05) is 6.92 Å². The third-order valence-electron chi connectivity index (χ3n) is 7.22. The lowest BCUT2D eigenvalue weighted by atomic mass is 10.1. The summed E-state index contributed by atoms with van der Waals surface area (Å²) in [7, 11) is 0. The van der Waals surface area contributed by atoms with Gasteiger partial charge in [0.25, 0.3) is 11.5 Å². The van der Waals surface area contributed by atoms with E-state index < -0.39 is 23.1 Å². The molecular formula is C30H29Cl2F2N7O4. The molecule has 0 saturated carbocycles. The van der Waals surface area contributed by atoms with Crippen molar-refractivity contribution in [2.24, 2.45) is 0 Å². The number of aromatic amines is 1. The van der Waals surface area contributed by atoms with Gasteiger partial charge >= 0.3 is 0 Å². The molecule has 1 amide bonds. The number of nitrogens with zero attached hydrogens (tertiary/aromatic N) is 5. The fraction of sp³-hybridized carbons (Fsp3) is 0.233. The predicted molar refractivity (Wildman–Crippen MR) is 168 cm³/mol. The standard InChI is InChI=1S/C30H27F2N7O4.2ClH/c1-2-38-15-11-21(12-16-38)42-29-26-25(10-13-33-27(26)36-37-29)43-24-8-5-19(17-23(24)32)35-28(40)22-9-14-34-39(30(22)41)20-6-3-18(31)4-7-20;;/h3-10,13-14,17,21H,2,11-12,15-16H2,1H3,(H,35,40)(H,33,36,37);2*1H. The number of pyridine rings is 1. The summed E-state index contributed by atoms with van der Waals surface area (Å²) < 4.78 is 41.6. The Balaban J connectivity index is 0.00000230. The third kappa shape index (κ3) is 7.22. The predicted octanol–water partition coefficient (Wildman–Crippen LogP) is 5.53. The highest BCUT2D eigenvalue weighted by Crippen LogP contribution is 2.36. The number of fused-ring (bicyclic) bond motifs is 1. The monoisotopic (exact) mass is 659 g/mol. The fourth-order valence-electron chi connectivity index (χ4n) is 4.90. The summed E-state index contributed by atoms with van der Waals surface area (Å²) in [5, 5.41) is 14.1. The summed E-state index contributed by atoms with van der Waals surface area (Å²) in [6, 6.07) is 11.8. The Morgan fingerprint density at radius 3 is 2.49 bits per heavy atom. The minimum Gasteiger partial charge on any atom is -0.473 e. The van der Waals surface area contributed by atoms with Gasteiger partial charge < -0.3 is 19.7 Å². The lowest BCUT2D eigenvalue weighted by molar-refractivity contribution is 0.101. The number of amides is 1. The average molecular weight is 661 g/mol. The zero-order chi connectivity index (χ0) is 29.9. The molecule has 2 N–H and O–H groups in total. The summed E-state index contributed by atoms with van der Waals surface area (Å²) in [6.07, 6.45) is 4.50. The van der Waals surface area contributed by atoms with E-state index in [2.05, 4.69) is 37.4 Å². The number of carbonyl (C=O) groups excluding carboxylic acids is 1. The largest absolute Gasteiger partial charge is 0.473 e. The van der Waals surface area contributed by atoms with Crippen molar-refractivity contribution in [3.05, 3.63) is 94.5 Å². The van der Waals surface area contributed by atoms with Gasteiger partial charge in [0, 0.05) is 43.3 Å². The zero-order valence-corrected chi connectivity index (χ0v) is 25.5. The second kappa shape index (κ2) is 14.5. The lowest BCUT2D eigenvalue weighted by Gasteiger charge is -2.30. The van der Waals surface area contributed by atoms with Crippen molar-refractivity contribution >= 4 is 47.4 Å². The van der Waals surface area contributed by atoms with Gasteiger partial charge in [-0.25, -0.2) is 13.8 Å². The van der Waals surface area contributed by atoms with E-state index in [1.807, 2.05) is 0 Å². The Labute approximate surface area is 268 Å². The van der Waals surface area contributed by atoms with E-state index in [0.717, 1.165) is 43.2 Å². The van der Waals surface area contributed by atoms with Crippen LogP contribution in [0.5, 0.6) is 17.4 Å². The van der Waals surface area contributed by atoms with Gasteiger partial charge in [0.2, 0.25) is 5.88 Å². The molecule has 15 heteroatoms. The SMILES string of the molecule is CCN1CCC(Oc2n[nH]c3nccc(Oc4ccc(NC(=O)c5ccnn(-c6ccc(F)cc6)c5=O)cc4F)c23)CC1.Cl.Cl. The third-order valence-corrected chi connectivity index (χ3v) is 7.22. The molecule has 2 aromatic carbocycles. The minimum atomic E-state index is -0.767. The van der Waals surface area contributed by atoms with E-state index in [1.165, 1.54) is 54.9 Å². The first-order valence-electron chi connectivity index (χ1n) is 13.7. The number of ether oxygens (including phenoxy) is 2. The summed E-state index contributed by atoms with van der Waals surface area (Å²) >= 11 is 0. The lowest BCUT2D eigenvalue weighted by Crippen LogP contribution is -2.38. The Bertz CT molecular complexity index is 1840. The molecule has 236 valence electrons. The number of benzene rings is 2. The number of aromatic nitrogens is 5. The summed E-state index contributed by atoms with van der Waals surface area (Å²) in [5.41, 5.74) is -0.127. The highest BCUT2D eigenvalue weighted by atomic mass is 35.5. The maximum Gasteiger partial charge on any atom is 0.284 e. The number of piperidine rings is 1. The van der Waals surface area contributed by atoms with Crippen LogP contribution in [0.25, 0.3) is 16.7 Å². The van der Waals surface area contributed by atoms with E-state index >= 15 is 4.39 Å². The van der Waals surface area contributed by atoms with Crippen LogP contribution in [0, 0.1) is 11.6 Å². The van der Waals surface area contributed by atoms with Crippen molar-refractivity contribution in [3.8, 4) is 23.1 Å². The van der Waals surface area contributed by atoms with E-state index in [0.29, 0.717) is 22.7 Å². The molecule has 6 rings (SSSR count). The molecule has 45 heavy (non-hydrogen) atoms. The summed E-state index contributed by atoms with van der Waals surface area (Å²) in [4.78, 5) is 32.5. The van der Waals surface area contributed by atoms with Crippen LogP contribution >= 0.6 is 24.8 Å². The maximum atomic E-state index is 15.2. The van der Waals surface area contributed by atoms with Crippen molar-refractivity contribution in [2.75, 3.05) is 25.0 Å². The molecule has 0 spiro atoms. The summed E-state index contributed by atoms with van der Waals surface area (Å²) in [6.45, 7) is 5.00. The molecule has 1 saturated heterocycles. The van der Waals surface area contributed by atoms with E-state index in [-0.39, 0.29) is 53.6 Å². The van der Waals surface area contributed by atoms with Gasteiger partial charge in [0.1, 0.15) is 28.6 Å². The van der Waals surface area contributed by atoms with Crippen molar-refractivity contribution < 1.29 is 23.0 Å². The van der Waals surface area contributed by atoms with Crippen LogP contribution in [-0.2, 0) is 0 Å². The van der Waals surface area contributed by atoms with E-state index in [9.17, 15) is 14.0 Å². The van der Waals surface area contributed by atoms with Crippen LogP contribution in [0.1, 0.15) is 30.1 Å². The second-order valence-corrected chi connectivity index (χ2v) is 9.95. The van der Waals surface area contributed by atoms with Gasteiger partial charge in [-0.3, -0.25) is 14.7 Å². The van der Waals surface area contributed by atoms with Crippen LogP contribution in [0.4, 0.5) is 14.5 Å². The Hall–Kier alpha value is -4.59. The molecule has 1 fully saturated rings. The fourth-order valence-corrected chi connectivity index (χ4v) is 4.90. The molecule has 3 aromatic heterocycles. The highest BCUT2D eigenvalue weighted by molar-refractivity contribution is 6.04. The van der Waals surface area contributed by atoms with Gasteiger partial charge in [-0.2, -0.15) is 9.78 Å². The molecule has 0 radical (unpaired) electrons. The van der Waals surface area contributed by atoms with E-state index in [1.54, 1.807) is 6.07 Å². The summed E-state index contributed by atoms with van der Waals surface area (Å²) in [5.74, 6) is -1.46. The number of likely N-dealkylation sites (tertiary alicyclic amines) is 1. The van der Waals surface area contributed by atoms with E-state index in [4.69, 9.17) is 9.47 Å². The Kier molecular flexibility index (Phi) is 10.7. The van der Waals surface area contributed by atoms with Gasteiger partial charge in [0.05, 0.1) is 5.69 Å². The Morgan fingerprint density at radius 1 is 1.02 bits per heavy atom. The highest BCUT2D eigenvalue weighted by Gasteiger charge is 2.23. The average Bonchev–Trinajstić information content (AvgIpc) is 3.43. The molecule has 5 aromatic rings. The zero-order valence-electron chi connectivity index (χ0n) is 23.9. The van der Waals surface area contributed by atoms with Crippen LogP contribution < -0.4 is 20.3 Å². The topological polar surface area (TPSA) is 127 Å². The smallest absolute Gasteiger partial charge is 0.284 e. The first kappa shape index (κ1) is 33.3. The molecule has 0 aliphatic carbocycles. The molecular weight excluding hydrogens is 631 g/mol. The number of nitrogens with one attached hydrogen (secondary N) is 2. The number of hydrogen-bond acceptors (Lipinski definition) is 8. The van der Waals surface area contributed by atoms with Crippen LogP contribution in [0.15, 0.2) is 71.8 Å². The second-order valence-electron chi connectivity index (χ2n) is 9.95. The number of carbonyl (C=O) groups is 1. The normalized spacial score (nSPS) is 13.5. The number of halogens is 4. The van der Waals surface area contributed by atoms with Crippen molar-refractivity contribution in [1.29, 1.82) is 0 Å². The molecule has 0 unspecified atom stereocenters. The van der Waals surface area contributed by atoms with Crippen molar-refractivity contribution in [1.82, 2.24) is 29.9 Å². The van der Waals surface area contributed by atoms with Gasteiger partial charge in [-0.15, -0.1) is 29.9 Å². The van der Waals surface area contributed by atoms with Crippen LogP contribution in [0.3, 0.4) is 0 Å². The van der Waals surface area contributed by atoms with Gasteiger partial charge in [0.15, 0.2) is 17.2 Å². The maximum absolute atomic E-state index is 15.2. The number of anilines is 1. The van der Waals surface area contributed by atoms with Crippen LogP contribution in [-0.4, -0.2) is 61.5 Å². The molecule has 11 nitrogen and oxygen atoms in total. The number of hydrogen-bond donors (Lipinski definition) is 2. The first-order valence-corrected chi connectivity index (χ1v) is 13.7. The van der Waals surface area contributed by atoms with Crippen LogP contribution in [0.2, 0.25) is 0 Å².